The average molecular weight is 248 g/mol. The van der Waals surface area contributed by atoms with Gasteiger partial charge in [-0.2, -0.15) is 0 Å². The number of amidine groups is 1. The molecule has 5 nitrogen and oxygen atoms in total. The Bertz CT molecular complexity index is 423. The highest BCUT2D eigenvalue weighted by Crippen LogP contribution is 2.32. The Kier molecular flexibility index (Phi) is 3.69. The monoisotopic (exact) mass is 248 g/mol. The smallest absolute Gasteiger partial charge is 0.188 e. The molecule has 1 saturated carbocycles. The van der Waals surface area contributed by atoms with E-state index in [9.17, 15) is 0 Å². The van der Waals surface area contributed by atoms with Crippen molar-refractivity contribution >= 4 is 11.5 Å². The number of anilines is 1. The average Bonchev–Trinajstić information content (AvgIpc) is 3.19. The van der Waals surface area contributed by atoms with Crippen molar-refractivity contribution in [1.82, 2.24) is 4.98 Å². The summed E-state index contributed by atoms with van der Waals surface area (Å²) in [5, 5.41) is 11.5. The second-order valence-corrected chi connectivity index (χ2v) is 5.08. The van der Waals surface area contributed by atoms with Gasteiger partial charge in [-0.1, -0.05) is 5.16 Å². The summed E-state index contributed by atoms with van der Waals surface area (Å²) in [5.74, 6) is 0.871. The quantitative estimate of drug-likeness (QED) is 0.360. The van der Waals surface area contributed by atoms with E-state index in [0.29, 0.717) is 11.7 Å². The number of nitrogens with two attached hydrogens (primary N) is 1. The molecule has 0 aromatic carbocycles. The van der Waals surface area contributed by atoms with E-state index in [1.807, 2.05) is 6.07 Å². The minimum atomic E-state index is 0.0415. The molecule has 1 aromatic rings. The van der Waals surface area contributed by atoms with Crippen molar-refractivity contribution < 1.29 is 5.21 Å². The zero-order chi connectivity index (χ0) is 13.1. The minimum absolute atomic E-state index is 0.0415. The van der Waals surface area contributed by atoms with Gasteiger partial charge in [0.2, 0.25) is 0 Å². The van der Waals surface area contributed by atoms with Crippen LogP contribution in [0, 0.1) is 5.92 Å². The number of pyridine rings is 1. The fourth-order valence-electron chi connectivity index (χ4n) is 1.95. The Hall–Kier alpha value is -1.78. The van der Waals surface area contributed by atoms with E-state index in [4.69, 9.17) is 10.9 Å². The van der Waals surface area contributed by atoms with Gasteiger partial charge < -0.3 is 15.8 Å². The van der Waals surface area contributed by atoms with Crippen LogP contribution in [0.1, 0.15) is 32.4 Å². The maximum absolute atomic E-state index is 8.59. The van der Waals surface area contributed by atoms with Gasteiger partial charge in [0.15, 0.2) is 5.84 Å². The Morgan fingerprint density at radius 2 is 2.28 bits per heavy atom. The highest BCUT2D eigenvalue weighted by atomic mass is 16.4. The van der Waals surface area contributed by atoms with Crippen molar-refractivity contribution in [3.63, 3.8) is 0 Å². The van der Waals surface area contributed by atoms with E-state index < -0.39 is 0 Å². The SMILES string of the molecule is CC(C)N(CC1CC1)c1ccc(/C(N)=N/O)nc1. The summed E-state index contributed by atoms with van der Waals surface area (Å²) in [7, 11) is 0. The molecule has 18 heavy (non-hydrogen) atoms. The molecule has 0 saturated heterocycles. The molecule has 0 radical (unpaired) electrons. The second-order valence-electron chi connectivity index (χ2n) is 5.08. The lowest BCUT2D eigenvalue weighted by atomic mass is 10.2. The molecule has 3 N–H and O–H groups in total. The van der Waals surface area contributed by atoms with Gasteiger partial charge >= 0.3 is 0 Å². The molecule has 0 spiro atoms. The summed E-state index contributed by atoms with van der Waals surface area (Å²) >= 11 is 0. The van der Waals surface area contributed by atoms with Crippen LogP contribution in [0.3, 0.4) is 0 Å². The first-order chi connectivity index (χ1) is 8.61. The third-order valence-corrected chi connectivity index (χ3v) is 3.22. The van der Waals surface area contributed by atoms with Crippen molar-refractivity contribution in [3.8, 4) is 0 Å². The molecule has 0 aliphatic heterocycles. The van der Waals surface area contributed by atoms with Gasteiger partial charge in [-0.05, 0) is 44.7 Å². The molecule has 1 fully saturated rings. The molecule has 0 atom stereocenters. The van der Waals surface area contributed by atoms with Gasteiger partial charge in [-0.3, -0.25) is 4.98 Å². The second kappa shape index (κ2) is 5.25. The van der Waals surface area contributed by atoms with Gasteiger partial charge in [0, 0.05) is 12.6 Å². The van der Waals surface area contributed by atoms with E-state index in [-0.39, 0.29) is 5.84 Å². The highest BCUT2D eigenvalue weighted by molar-refractivity contribution is 5.95. The van der Waals surface area contributed by atoms with Crippen LogP contribution in [0.2, 0.25) is 0 Å². The molecule has 5 heteroatoms. The third kappa shape index (κ3) is 2.91. The van der Waals surface area contributed by atoms with Crippen molar-refractivity contribution in [2.45, 2.75) is 32.7 Å². The van der Waals surface area contributed by atoms with Crippen LogP contribution < -0.4 is 10.6 Å². The van der Waals surface area contributed by atoms with Crippen LogP contribution >= 0.6 is 0 Å². The van der Waals surface area contributed by atoms with E-state index in [0.717, 1.165) is 18.2 Å². The van der Waals surface area contributed by atoms with E-state index in [2.05, 4.69) is 28.9 Å². The zero-order valence-corrected chi connectivity index (χ0v) is 10.9. The van der Waals surface area contributed by atoms with Crippen LogP contribution in [0.4, 0.5) is 5.69 Å². The first-order valence-electron chi connectivity index (χ1n) is 6.32. The van der Waals surface area contributed by atoms with E-state index in [1.54, 1.807) is 12.3 Å². The molecule has 0 amide bonds. The van der Waals surface area contributed by atoms with Gasteiger partial charge in [0.1, 0.15) is 5.69 Å². The molecule has 0 unspecified atom stereocenters. The molecule has 98 valence electrons. The maximum atomic E-state index is 8.59. The van der Waals surface area contributed by atoms with Gasteiger partial charge in [0.25, 0.3) is 0 Å². The highest BCUT2D eigenvalue weighted by Gasteiger charge is 2.25. The number of nitrogens with zero attached hydrogens (tertiary/aromatic N) is 3. The molecule has 0 bridgehead atoms. The lowest BCUT2D eigenvalue weighted by molar-refractivity contribution is 0.318. The predicted octanol–water partition coefficient (Wildman–Crippen LogP) is 1.80. The predicted molar refractivity (Wildman–Crippen MR) is 72.0 cm³/mol. The molecule has 1 aliphatic rings. The molecular weight excluding hydrogens is 228 g/mol. The Labute approximate surface area is 107 Å². The summed E-state index contributed by atoms with van der Waals surface area (Å²) in [6, 6.07) is 4.21. The van der Waals surface area contributed by atoms with Gasteiger partial charge in [-0.25, -0.2) is 0 Å². The van der Waals surface area contributed by atoms with Gasteiger partial charge in [-0.15, -0.1) is 0 Å². The molecule has 1 aliphatic carbocycles. The van der Waals surface area contributed by atoms with Crippen molar-refractivity contribution in [2.24, 2.45) is 16.8 Å². The lowest BCUT2D eigenvalue weighted by Gasteiger charge is -2.28. The topological polar surface area (TPSA) is 74.7 Å². The number of rotatable bonds is 5. The normalized spacial score (nSPS) is 16.1. The Morgan fingerprint density at radius 1 is 1.56 bits per heavy atom. The van der Waals surface area contributed by atoms with Crippen molar-refractivity contribution in [2.75, 3.05) is 11.4 Å². The zero-order valence-electron chi connectivity index (χ0n) is 10.9. The van der Waals surface area contributed by atoms with Crippen molar-refractivity contribution in [1.29, 1.82) is 0 Å². The van der Waals surface area contributed by atoms with E-state index >= 15 is 0 Å². The standard InChI is InChI=1S/C13H20N4O/c1-9(2)17(8-10-3-4-10)11-5-6-12(15-7-11)13(14)16-18/h5-7,9-10,18H,3-4,8H2,1-2H3,(H2,14,16). The fourth-order valence-corrected chi connectivity index (χ4v) is 1.95. The van der Waals surface area contributed by atoms with Crippen LogP contribution in [0.5, 0.6) is 0 Å². The third-order valence-electron chi connectivity index (χ3n) is 3.22. The fraction of sp³-hybridized carbons (Fsp3) is 0.538. The lowest BCUT2D eigenvalue weighted by Crippen LogP contribution is -2.32. The molecule has 2 rings (SSSR count). The summed E-state index contributed by atoms with van der Waals surface area (Å²) in [6.07, 6.45) is 4.45. The molecule has 1 heterocycles. The largest absolute Gasteiger partial charge is 0.409 e. The molecule has 1 aromatic heterocycles. The number of aromatic nitrogens is 1. The van der Waals surface area contributed by atoms with Crippen LogP contribution in [0.15, 0.2) is 23.5 Å². The van der Waals surface area contributed by atoms with Crippen LogP contribution in [0.25, 0.3) is 0 Å². The van der Waals surface area contributed by atoms with Crippen LogP contribution in [-0.4, -0.2) is 28.6 Å². The number of hydrogen-bond acceptors (Lipinski definition) is 4. The van der Waals surface area contributed by atoms with Gasteiger partial charge in [0.05, 0.1) is 11.9 Å². The summed E-state index contributed by atoms with van der Waals surface area (Å²) in [4.78, 5) is 6.57. The first kappa shape index (κ1) is 12.7. The summed E-state index contributed by atoms with van der Waals surface area (Å²) in [5.41, 5.74) is 7.08. The van der Waals surface area contributed by atoms with Crippen molar-refractivity contribution in [3.05, 3.63) is 24.0 Å². The first-order valence-corrected chi connectivity index (χ1v) is 6.32. The minimum Gasteiger partial charge on any atom is -0.409 e. The number of oxime groups is 1. The van der Waals surface area contributed by atoms with Crippen LogP contribution in [-0.2, 0) is 0 Å². The maximum Gasteiger partial charge on any atom is 0.188 e. The Balaban J connectivity index is 2.14. The summed E-state index contributed by atoms with van der Waals surface area (Å²) in [6.45, 7) is 5.45. The summed E-state index contributed by atoms with van der Waals surface area (Å²) < 4.78 is 0. The Morgan fingerprint density at radius 3 is 2.72 bits per heavy atom. The number of hydrogen-bond donors (Lipinski definition) is 2. The van der Waals surface area contributed by atoms with E-state index in [1.165, 1.54) is 12.8 Å². The molecular formula is C13H20N4O.